The Bertz CT molecular complexity index is 1440. The molecule has 4 N–H and O–H groups in total. The number of carbonyl (C=O) groups excluding carboxylic acids is 4. The Hall–Kier alpha value is -3.82. The van der Waals surface area contributed by atoms with E-state index in [2.05, 4.69) is 20.7 Å². The van der Waals surface area contributed by atoms with E-state index in [0.29, 0.717) is 12.8 Å². The van der Waals surface area contributed by atoms with E-state index in [9.17, 15) is 40.8 Å². The van der Waals surface area contributed by atoms with Crippen LogP contribution in [0.4, 0.5) is 18.0 Å². The van der Waals surface area contributed by atoms with Gasteiger partial charge in [0.25, 0.3) is 5.78 Å². The summed E-state index contributed by atoms with van der Waals surface area (Å²) in [5.41, 5.74) is 0.810. The number of Topliss-reactive ketones (excluding diaryl/α,β-unsaturated/α-hetero) is 2. The van der Waals surface area contributed by atoms with Gasteiger partial charge >= 0.3 is 12.3 Å². The van der Waals surface area contributed by atoms with E-state index >= 15 is 0 Å². The van der Waals surface area contributed by atoms with Gasteiger partial charge in [-0.3, -0.25) is 14.4 Å². The van der Waals surface area contributed by atoms with Crippen molar-refractivity contribution in [2.45, 2.75) is 75.3 Å². The van der Waals surface area contributed by atoms with E-state index in [1.807, 2.05) is 18.2 Å². The predicted octanol–water partition coefficient (Wildman–Crippen LogP) is 3.25. The fourth-order valence-electron chi connectivity index (χ4n) is 5.05. The second kappa shape index (κ2) is 16.7. The van der Waals surface area contributed by atoms with Crippen molar-refractivity contribution in [3.63, 3.8) is 0 Å². The van der Waals surface area contributed by atoms with E-state index in [-0.39, 0.29) is 37.4 Å². The largest absolute Gasteiger partial charge is 0.452 e. The van der Waals surface area contributed by atoms with Crippen LogP contribution in [0.15, 0.2) is 65.6 Å². The molecule has 0 aliphatic carbocycles. The van der Waals surface area contributed by atoms with Crippen molar-refractivity contribution in [3.05, 3.63) is 66.2 Å². The third kappa shape index (κ3) is 10.6. The van der Waals surface area contributed by atoms with Gasteiger partial charge in [0.15, 0.2) is 5.78 Å². The number of alkyl halides is 3. The monoisotopic (exact) mass is 668 g/mol. The maximum Gasteiger partial charge on any atom is 0.452 e. The highest BCUT2D eigenvalue weighted by Crippen LogP contribution is 2.24. The van der Waals surface area contributed by atoms with Crippen LogP contribution in [0, 0.1) is 11.8 Å². The highest BCUT2D eigenvalue weighted by atomic mass is 32.2. The van der Waals surface area contributed by atoms with Gasteiger partial charge < -0.3 is 20.7 Å². The lowest BCUT2D eigenvalue weighted by atomic mass is 9.88. The van der Waals surface area contributed by atoms with Crippen LogP contribution in [0.25, 0.3) is 0 Å². The summed E-state index contributed by atoms with van der Waals surface area (Å²) in [5, 5.41) is 7.55. The quantitative estimate of drug-likeness (QED) is 0.199. The molecule has 0 spiro atoms. The molecule has 1 heterocycles. The zero-order valence-corrected chi connectivity index (χ0v) is 26.3. The van der Waals surface area contributed by atoms with Gasteiger partial charge in [-0.1, -0.05) is 62.4 Å². The number of amides is 2. The van der Waals surface area contributed by atoms with Gasteiger partial charge in [-0.05, 0) is 55.8 Å². The summed E-state index contributed by atoms with van der Waals surface area (Å²) < 4.78 is 73.4. The molecule has 252 valence electrons. The number of unbranched alkanes of at least 4 members (excludes halogenated alkanes) is 1. The summed E-state index contributed by atoms with van der Waals surface area (Å²) in [7, 11) is -4.17. The van der Waals surface area contributed by atoms with E-state index in [0.717, 1.165) is 5.56 Å². The van der Waals surface area contributed by atoms with Crippen LogP contribution in [-0.4, -0.2) is 69.4 Å². The fraction of sp³-hybridized carbons (Fsp3) is 0.484. The first-order chi connectivity index (χ1) is 21.7. The molecule has 1 aliphatic rings. The van der Waals surface area contributed by atoms with Crippen LogP contribution >= 0.6 is 0 Å². The molecule has 1 unspecified atom stereocenters. The maximum absolute atomic E-state index is 13.8. The Balaban J connectivity index is 1.67. The van der Waals surface area contributed by atoms with E-state index in [1.54, 1.807) is 18.2 Å². The van der Waals surface area contributed by atoms with E-state index in [4.69, 9.17) is 4.74 Å². The normalized spacial score (nSPS) is 18.0. The number of benzene rings is 2. The van der Waals surface area contributed by atoms with E-state index < -0.39 is 69.7 Å². The number of halogens is 3. The van der Waals surface area contributed by atoms with Crippen molar-refractivity contribution in [1.82, 2.24) is 20.7 Å². The van der Waals surface area contributed by atoms with Gasteiger partial charge in [-0.2, -0.15) is 13.2 Å². The summed E-state index contributed by atoms with van der Waals surface area (Å²) in [5.74, 6) is -5.66. The second-order valence-electron chi connectivity index (χ2n) is 11.3. The first-order valence-electron chi connectivity index (χ1n) is 14.9. The smallest absolute Gasteiger partial charge is 0.445 e. The van der Waals surface area contributed by atoms with Crippen LogP contribution in [-0.2, 0) is 35.8 Å². The number of ether oxygens (including phenoxy) is 1. The molecule has 15 heteroatoms. The minimum absolute atomic E-state index is 0.0116. The Morgan fingerprint density at radius 1 is 0.978 bits per heavy atom. The Morgan fingerprint density at radius 2 is 1.61 bits per heavy atom. The minimum atomic E-state index is -5.17. The third-order valence-electron chi connectivity index (χ3n) is 7.49. The molecule has 11 nitrogen and oxygen atoms in total. The summed E-state index contributed by atoms with van der Waals surface area (Å²) >= 11 is 0. The average molecular weight is 669 g/mol. The number of sulfonamides is 1. The minimum Gasteiger partial charge on any atom is -0.445 e. The molecule has 3 rings (SSSR count). The molecule has 1 saturated heterocycles. The summed E-state index contributed by atoms with van der Waals surface area (Å²) in [4.78, 5) is 50.8. The Kier molecular flexibility index (Phi) is 13.3. The lowest BCUT2D eigenvalue weighted by molar-refractivity contribution is -0.175. The highest BCUT2D eigenvalue weighted by Gasteiger charge is 2.47. The molecule has 46 heavy (non-hydrogen) atoms. The Morgan fingerprint density at radius 3 is 2.22 bits per heavy atom. The average Bonchev–Trinajstić information content (AvgIpc) is 3.52. The zero-order chi connectivity index (χ0) is 33.9. The molecular weight excluding hydrogens is 629 g/mol. The fourth-order valence-corrected chi connectivity index (χ4v) is 6.31. The highest BCUT2D eigenvalue weighted by molar-refractivity contribution is 7.89. The van der Waals surface area contributed by atoms with Crippen molar-refractivity contribution in [2.75, 3.05) is 13.1 Å². The molecular formula is C31H39F3N4O7S. The van der Waals surface area contributed by atoms with Crippen LogP contribution < -0.4 is 20.7 Å². The number of alkyl carbamates (subject to hydrolysis) is 1. The number of rotatable bonds is 16. The second-order valence-corrected chi connectivity index (χ2v) is 13.0. The van der Waals surface area contributed by atoms with Crippen molar-refractivity contribution >= 4 is 33.6 Å². The third-order valence-corrected chi connectivity index (χ3v) is 8.98. The van der Waals surface area contributed by atoms with Crippen LogP contribution in [0.5, 0.6) is 0 Å². The van der Waals surface area contributed by atoms with Gasteiger partial charge in [0.05, 0.1) is 23.0 Å². The van der Waals surface area contributed by atoms with Crippen LogP contribution in [0.2, 0.25) is 0 Å². The van der Waals surface area contributed by atoms with Gasteiger partial charge in [0.1, 0.15) is 6.61 Å². The molecule has 2 aromatic carbocycles. The van der Waals surface area contributed by atoms with Crippen molar-refractivity contribution < 1.29 is 45.5 Å². The molecule has 4 atom stereocenters. The standard InChI is InChI=1S/C31H39F3N4O7S/c1-20(2)25(28(40)31(32,33)34)37-29(41)26-23(16-18-35-26)27(39)24(38-46(43,44)22-13-7-4-8-14-22)15-9-10-17-36-30(42)45-19-21-11-5-3-6-12-21/h3-8,11-14,20,23-26,35,38H,9-10,15-19H2,1-2H3,(H,36,42)(H,37,41)/t23-,24-,25?,26-/m0/s1. The number of nitrogens with one attached hydrogen (secondary N) is 4. The molecule has 1 fully saturated rings. The lowest BCUT2D eigenvalue weighted by Crippen LogP contribution is -2.56. The first kappa shape index (κ1) is 36.6. The van der Waals surface area contributed by atoms with Crippen molar-refractivity contribution in [3.8, 4) is 0 Å². The number of ketones is 2. The SMILES string of the molecule is CC(C)C(NC(=O)[C@H]1NCC[C@@H]1C(=O)[C@H](CCCCNC(=O)OCc1ccccc1)NS(=O)(=O)c1ccccc1)C(=O)C(F)(F)F. The summed E-state index contributed by atoms with van der Waals surface area (Å²) in [6.07, 6.45) is -5.03. The van der Waals surface area contributed by atoms with Gasteiger partial charge in [0.2, 0.25) is 15.9 Å². The van der Waals surface area contributed by atoms with Crippen molar-refractivity contribution in [2.24, 2.45) is 11.8 Å². The molecule has 0 bridgehead atoms. The topological polar surface area (TPSA) is 160 Å². The Labute approximate surface area is 266 Å². The van der Waals surface area contributed by atoms with Crippen LogP contribution in [0.1, 0.15) is 45.1 Å². The molecule has 0 aromatic heterocycles. The number of hydrogen-bond donors (Lipinski definition) is 4. The summed E-state index contributed by atoms with van der Waals surface area (Å²) in [6, 6.07) is 12.0. The number of hydrogen-bond acceptors (Lipinski definition) is 8. The molecule has 2 aromatic rings. The number of carbonyl (C=O) groups is 4. The van der Waals surface area contributed by atoms with Gasteiger partial charge in [-0.25, -0.2) is 17.9 Å². The van der Waals surface area contributed by atoms with Crippen molar-refractivity contribution in [1.29, 1.82) is 0 Å². The molecule has 2 amide bonds. The summed E-state index contributed by atoms with van der Waals surface area (Å²) in [6.45, 7) is 3.13. The molecule has 1 aliphatic heterocycles. The zero-order valence-electron chi connectivity index (χ0n) is 25.5. The molecule has 0 saturated carbocycles. The first-order valence-corrected chi connectivity index (χ1v) is 16.4. The lowest BCUT2D eigenvalue weighted by Gasteiger charge is -2.27. The van der Waals surface area contributed by atoms with Gasteiger partial charge in [-0.15, -0.1) is 0 Å². The van der Waals surface area contributed by atoms with Crippen LogP contribution in [0.3, 0.4) is 0 Å². The predicted molar refractivity (Wildman–Crippen MR) is 162 cm³/mol. The molecule has 0 radical (unpaired) electrons. The maximum atomic E-state index is 13.8. The van der Waals surface area contributed by atoms with E-state index in [1.165, 1.54) is 38.1 Å². The van der Waals surface area contributed by atoms with Gasteiger partial charge in [0, 0.05) is 12.5 Å².